The zero-order valence-electron chi connectivity index (χ0n) is 13.0. The van der Waals surface area contributed by atoms with Crippen molar-refractivity contribution in [2.24, 2.45) is 0 Å². The number of amides is 1. The molecule has 2 heterocycles. The van der Waals surface area contributed by atoms with Crippen molar-refractivity contribution in [3.05, 3.63) is 40.7 Å². The summed E-state index contributed by atoms with van der Waals surface area (Å²) < 4.78 is 7.42. The van der Waals surface area contributed by atoms with Gasteiger partial charge >= 0.3 is 0 Å². The molecule has 1 unspecified atom stereocenters. The van der Waals surface area contributed by atoms with Crippen LogP contribution in [0.15, 0.2) is 24.3 Å². The molecule has 1 aromatic heterocycles. The molecular formula is C18H16ClN3O2. The van der Waals surface area contributed by atoms with Crippen molar-refractivity contribution in [1.29, 1.82) is 0 Å². The third-order valence-corrected chi connectivity index (χ3v) is 4.86. The number of para-hydroxylation sites is 2. The van der Waals surface area contributed by atoms with Gasteiger partial charge in [-0.25, -0.2) is 4.68 Å². The first kappa shape index (κ1) is 15.1. The van der Waals surface area contributed by atoms with Gasteiger partial charge < -0.3 is 4.74 Å². The van der Waals surface area contributed by atoms with Crippen LogP contribution in [0.1, 0.15) is 30.3 Å². The van der Waals surface area contributed by atoms with E-state index >= 15 is 0 Å². The standard InChI is InChI=1S/C18H16ClN3O2/c1-2-11-21-14-9-5-6-10-15(14)24-18(17(21)23)22-16(19)12-7-3-4-8-13(12)20-22/h1,5-6,9-10,18H,3-4,7-8,11H2. The molecule has 0 bridgehead atoms. The molecule has 1 atom stereocenters. The Bertz CT molecular complexity index is 852. The molecule has 6 heteroatoms. The van der Waals surface area contributed by atoms with Crippen molar-refractivity contribution in [3.8, 4) is 18.1 Å². The summed E-state index contributed by atoms with van der Waals surface area (Å²) in [7, 11) is 0. The summed E-state index contributed by atoms with van der Waals surface area (Å²) in [5, 5.41) is 5.04. The highest BCUT2D eigenvalue weighted by atomic mass is 35.5. The lowest BCUT2D eigenvalue weighted by Crippen LogP contribution is -2.44. The SMILES string of the molecule is C#CCN1C(=O)C(n2nc3c(c2Cl)CCCC3)Oc2ccccc21. The zero-order chi connectivity index (χ0) is 16.7. The smallest absolute Gasteiger partial charge is 0.292 e. The summed E-state index contributed by atoms with van der Waals surface area (Å²) in [5.41, 5.74) is 2.66. The van der Waals surface area contributed by atoms with Gasteiger partial charge in [0, 0.05) is 5.56 Å². The van der Waals surface area contributed by atoms with Gasteiger partial charge in [-0.05, 0) is 37.8 Å². The number of hydrogen-bond acceptors (Lipinski definition) is 3. The lowest BCUT2D eigenvalue weighted by molar-refractivity contribution is -0.130. The molecule has 1 amide bonds. The molecule has 122 valence electrons. The van der Waals surface area contributed by atoms with Crippen molar-refractivity contribution in [2.45, 2.75) is 31.9 Å². The Balaban J connectivity index is 1.78. The van der Waals surface area contributed by atoms with Gasteiger partial charge in [0.25, 0.3) is 12.1 Å². The van der Waals surface area contributed by atoms with Gasteiger partial charge in [-0.1, -0.05) is 29.7 Å². The van der Waals surface area contributed by atoms with Crippen LogP contribution in [0.2, 0.25) is 5.15 Å². The number of ether oxygens (including phenoxy) is 1. The average molecular weight is 342 g/mol. The summed E-state index contributed by atoms with van der Waals surface area (Å²) in [6.07, 6.45) is 8.46. The van der Waals surface area contributed by atoms with Gasteiger partial charge in [-0.15, -0.1) is 6.42 Å². The van der Waals surface area contributed by atoms with Crippen molar-refractivity contribution in [1.82, 2.24) is 9.78 Å². The second kappa shape index (κ2) is 5.88. The van der Waals surface area contributed by atoms with E-state index in [-0.39, 0.29) is 12.5 Å². The number of carbonyl (C=O) groups excluding carboxylic acids is 1. The number of hydrogen-bond donors (Lipinski definition) is 0. The van der Waals surface area contributed by atoms with Gasteiger partial charge in [-0.2, -0.15) is 5.10 Å². The van der Waals surface area contributed by atoms with Crippen LogP contribution in [0, 0.1) is 12.3 Å². The number of rotatable bonds is 2. The number of halogens is 1. The van der Waals surface area contributed by atoms with Crippen LogP contribution in [0.5, 0.6) is 5.75 Å². The normalized spacial score (nSPS) is 19.2. The van der Waals surface area contributed by atoms with E-state index < -0.39 is 6.23 Å². The number of fused-ring (bicyclic) bond motifs is 2. The summed E-state index contributed by atoms with van der Waals surface area (Å²) in [6, 6.07) is 7.33. The number of carbonyl (C=O) groups is 1. The maximum atomic E-state index is 12.9. The molecule has 0 saturated carbocycles. The maximum Gasteiger partial charge on any atom is 0.292 e. The van der Waals surface area contributed by atoms with Crippen molar-refractivity contribution in [2.75, 3.05) is 11.4 Å². The van der Waals surface area contributed by atoms with Crippen LogP contribution in [0.4, 0.5) is 5.69 Å². The Morgan fingerprint density at radius 2 is 2.12 bits per heavy atom. The van der Waals surface area contributed by atoms with Gasteiger partial charge in [-0.3, -0.25) is 9.69 Å². The topological polar surface area (TPSA) is 47.4 Å². The molecule has 0 fully saturated rings. The number of aromatic nitrogens is 2. The highest BCUT2D eigenvalue weighted by Gasteiger charge is 2.38. The van der Waals surface area contributed by atoms with E-state index in [2.05, 4.69) is 11.0 Å². The average Bonchev–Trinajstić information content (AvgIpc) is 2.94. The fourth-order valence-corrected chi connectivity index (χ4v) is 3.63. The Labute approximate surface area is 145 Å². The van der Waals surface area contributed by atoms with Gasteiger partial charge in [0.05, 0.1) is 17.9 Å². The van der Waals surface area contributed by atoms with E-state index in [1.54, 1.807) is 4.90 Å². The fraction of sp³-hybridized carbons (Fsp3) is 0.333. The molecule has 1 aliphatic carbocycles. The van der Waals surface area contributed by atoms with Gasteiger partial charge in [0.1, 0.15) is 10.9 Å². The lowest BCUT2D eigenvalue weighted by atomic mass is 9.99. The largest absolute Gasteiger partial charge is 0.457 e. The fourth-order valence-electron chi connectivity index (χ4n) is 3.30. The molecular weight excluding hydrogens is 326 g/mol. The second-order valence-electron chi connectivity index (χ2n) is 5.93. The van der Waals surface area contributed by atoms with Crippen LogP contribution in [-0.2, 0) is 17.6 Å². The quantitative estimate of drug-likeness (QED) is 0.789. The number of terminal acetylenes is 1. The predicted octanol–water partition coefficient (Wildman–Crippen LogP) is 2.97. The first-order valence-corrected chi connectivity index (χ1v) is 8.35. The molecule has 0 N–H and O–H groups in total. The Hall–Kier alpha value is -2.45. The Kier molecular flexibility index (Phi) is 3.70. The van der Waals surface area contributed by atoms with Crippen LogP contribution in [-0.4, -0.2) is 22.2 Å². The highest BCUT2D eigenvalue weighted by Crippen LogP contribution is 2.38. The minimum atomic E-state index is -0.925. The number of aryl methyl sites for hydroxylation is 1. The summed E-state index contributed by atoms with van der Waals surface area (Å²) >= 11 is 6.50. The molecule has 0 spiro atoms. The van der Waals surface area contributed by atoms with Crippen LogP contribution < -0.4 is 9.64 Å². The zero-order valence-corrected chi connectivity index (χ0v) is 13.8. The predicted molar refractivity (Wildman–Crippen MR) is 91.2 cm³/mol. The van der Waals surface area contributed by atoms with Crippen LogP contribution in [0.3, 0.4) is 0 Å². The second-order valence-corrected chi connectivity index (χ2v) is 6.29. The molecule has 0 radical (unpaired) electrons. The van der Waals surface area contributed by atoms with Crippen molar-refractivity contribution >= 4 is 23.2 Å². The maximum absolute atomic E-state index is 12.9. The monoisotopic (exact) mass is 341 g/mol. The van der Waals surface area contributed by atoms with E-state index in [0.717, 1.165) is 36.9 Å². The highest BCUT2D eigenvalue weighted by molar-refractivity contribution is 6.30. The third kappa shape index (κ3) is 2.26. The minimum absolute atomic E-state index is 0.175. The molecule has 2 aromatic rings. The van der Waals surface area contributed by atoms with E-state index in [1.165, 1.54) is 4.68 Å². The molecule has 1 aliphatic heterocycles. The lowest BCUT2D eigenvalue weighted by Gasteiger charge is -2.33. The molecule has 0 saturated heterocycles. The van der Waals surface area contributed by atoms with Crippen LogP contribution in [0.25, 0.3) is 0 Å². The first-order valence-electron chi connectivity index (χ1n) is 7.97. The van der Waals surface area contributed by atoms with Gasteiger partial charge in [0.15, 0.2) is 0 Å². The molecule has 1 aromatic carbocycles. The number of benzene rings is 1. The summed E-state index contributed by atoms with van der Waals surface area (Å²) in [4.78, 5) is 14.5. The van der Waals surface area contributed by atoms with Gasteiger partial charge in [0.2, 0.25) is 0 Å². The molecule has 4 rings (SSSR count). The van der Waals surface area contributed by atoms with E-state index in [0.29, 0.717) is 16.6 Å². The van der Waals surface area contributed by atoms with E-state index in [9.17, 15) is 4.79 Å². The minimum Gasteiger partial charge on any atom is -0.457 e. The summed E-state index contributed by atoms with van der Waals surface area (Å²) in [6.45, 7) is 0.175. The Morgan fingerprint density at radius 1 is 1.33 bits per heavy atom. The van der Waals surface area contributed by atoms with Crippen molar-refractivity contribution < 1.29 is 9.53 Å². The van der Waals surface area contributed by atoms with E-state index in [4.69, 9.17) is 22.8 Å². The van der Waals surface area contributed by atoms with E-state index in [1.807, 2.05) is 24.3 Å². The third-order valence-electron chi connectivity index (χ3n) is 4.46. The van der Waals surface area contributed by atoms with Crippen molar-refractivity contribution in [3.63, 3.8) is 0 Å². The number of nitrogens with zero attached hydrogens (tertiary/aromatic N) is 3. The molecule has 2 aliphatic rings. The number of anilines is 1. The first-order chi connectivity index (χ1) is 11.7. The molecule has 24 heavy (non-hydrogen) atoms. The summed E-state index contributed by atoms with van der Waals surface area (Å²) in [5.74, 6) is 2.87. The van der Waals surface area contributed by atoms with Crippen LogP contribution >= 0.6 is 11.6 Å². The molecule has 5 nitrogen and oxygen atoms in total. The Morgan fingerprint density at radius 3 is 2.92 bits per heavy atom.